The Morgan fingerprint density at radius 2 is 2.15 bits per heavy atom. The van der Waals surface area contributed by atoms with Gasteiger partial charge in [-0.2, -0.15) is 0 Å². The van der Waals surface area contributed by atoms with E-state index in [0.717, 1.165) is 31.0 Å². The largest absolute Gasteiger partial charge is 0.376 e. The second-order valence-corrected chi connectivity index (χ2v) is 3.86. The lowest BCUT2D eigenvalue weighted by molar-refractivity contribution is -0.0665. The Balaban J connectivity index is 2.20. The lowest BCUT2D eigenvalue weighted by Gasteiger charge is -2.40. The maximum absolute atomic E-state index is 5.45. The maximum Gasteiger partial charge on any atom is 0.166 e. The summed E-state index contributed by atoms with van der Waals surface area (Å²) in [4.78, 5) is 0. The first-order valence-corrected chi connectivity index (χ1v) is 5.20. The third-order valence-corrected chi connectivity index (χ3v) is 2.89. The highest BCUT2D eigenvalue weighted by Crippen LogP contribution is 2.34. The molecule has 1 rings (SSSR count). The van der Waals surface area contributed by atoms with E-state index in [1.807, 2.05) is 6.92 Å². The van der Waals surface area contributed by atoms with E-state index in [2.05, 4.69) is 10.6 Å². The molecule has 0 aliphatic heterocycles. The van der Waals surface area contributed by atoms with Gasteiger partial charge in [0.1, 0.15) is 0 Å². The first-order valence-electron chi connectivity index (χ1n) is 4.79. The number of rotatable bonds is 4. The summed E-state index contributed by atoms with van der Waals surface area (Å²) in [7, 11) is 1.77. The van der Waals surface area contributed by atoms with E-state index in [1.165, 1.54) is 6.42 Å². The van der Waals surface area contributed by atoms with Crippen LogP contribution >= 0.6 is 12.2 Å². The van der Waals surface area contributed by atoms with Crippen LogP contribution in [-0.2, 0) is 4.74 Å². The zero-order valence-electron chi connectivity index (χ0n) is 8.35. The highest BCUT2D eigenvalue weighted by Gasteiger charge is 2.36. The van der Waals surface area contributed by atoms with Gasteiger partial charge in [0.05, 0.1) is 5.60 Å². The second-order valence-electron chi connectivity index (χ2n) is 3.45. The fourth-order valence-corrected chi connectivity index (χ4v) is 1.71. The predicted molar refractivity (Wildman–Crippen MR) is 57.9 cm³/mol. The van der Waals surface area contributed by atoms with Crippen LogP contribution in [0.25, 0.3) is 0 Å². The van der Waals surface area contributed by atoms with Gasteiger partial charge in [-0.05, 0) is 38.4 Å². The van der Waals surface area contributed by atoms with Crippen molar-refractivity contribution in [2.45, 2.75) is 31.8 Å². The van der Waals surface area contributed by atoms with Crippen LogP contribution in [0.5, 0.6) is 0 Å². The molecular formula is C9H18N2OS. The quantitative estimate of drug-likeness (QED) is 0.667. The van der Waals surface area contributed by atoms with E-state index in [0.29, 0.717) is 0 Å². The molecule has 2 N–H and O–H groups in total. The van der Waals surface area contributed by atoms with Crippen LogP contribution < -0.4 is 10.6 Å². The Kier molecular flexibility index (Phi) is 3.93. The van der Waals surface area contributed by atoms with Gasteiger partial charge >= 0.3 is 0 Å². The molecule has 1 fully saturated rings. The number of ether oxygens (including phenoxy) is 1. The molecule has 0 amide bonds. The molecule has 0 spiro atoms. The van der Waals surface area contributed by atoms with Gasteiger partial charge in [-0.3, -0.25) is 0 Å². The highest BCUT2D eigenvalue weighted by molar-refractivity contribution is 7.80. The van der Waals surface area contributed by atoms with Gasteiger partial charge in [-0.25, -0.2) is 0 Å². The van der Waals surface area contributed by atoms with Crippen molar-refractivity contribution in [3.05, 3.63) is 0 Å². The SMILES string of the molecule is CCNC(=S)NCC1(OC)CCC1. The summed E-state index contributed by atoms with van der Waals surface area (Å²) in [5.74, 6) is 0. The third kappa shape index (κ3) is 2.81. The monoisotopic (exact) mass is 202 g/mol. The van der Waals surface area contributed by atoms with Crippen molar-refractivity contribution in [1.82, 2.24) is 10.6 Å². The average Bonchev–Trinajstić information content (AvgIpc) is 2.04. The van der Waals surface area contributed by atoms with Crippen LogP contribution in [0, 0.1) is 0 Å². The summed E-state index contributed by atoms with van der Waals surface area (Å²) in [6, 6.07) is 0. The van der Waals surface area contributed by atoms with Crippen molar-refractivity contribution in [2.24, 2.45) is 0 Å². The van der Waals surface area contributed by atoms with Gasteiger partial charge in [-0.15, -0.1) is 0 Å². The summed E-state index contributed by atoms with van der Waals surface area (Å²) < 4.78 is 5.45. The van der Waals surface area contributed by atoms with Gasteiger partial charge in [0.2, 0.25) is 0 Å². The van der Waals surface area contributed by atoms with Gasteiger partial charge in [0.15, 0.2) is 5.11 Å². The second kappa shape index (κ2) is 4.77. The summed E-state index contributed by atoms with van der Waals surface area (Å²) in [5.41, 5.74) is 0.0550. The fourth-order valence-electron chi connectivity index (χ4n) is 1.49. The molecule has 3 nitrogen and oxygen atoms in total. The van der Waals surface area contributed by atoms with Crippen LogP contribution in [0.3, 0.4) is 0 Å². The molecule has 13 heavy (non-hydrogen) atoms. The Hall–Kier alpha value is -0.350. The molecule has 76 valence electrons. The fraction of sp³-hybridized carbons (Fsp3) is 0.889. The van der Waals surface area contributed by atoms with Crippen molar-refractivity contribution < 1.29 is 4.74 Å². The molecule has 4 heteroatoms. The summed E-state index contributed by atoms with van der Waals surface area (Å²) in [6.45, 7) is 3.73. The lowest BCUT2D eigenvalue weighted by atomic mass is 9.80. The molecule has 0 atom stereocenters. The maximum atomic E-state index is 5.45. The minimum Gasteiger partial charge on any atom is -0.376 e. The zero-order valence-corrected chi connectivity index (χ0v) is 9.17. The number of methoxy groups -OCH3 is 1. The van der Waals surface area contributed by atoms with Crippen LogP contribution in [0.4, 0.5) is 0 Å². The molecule has 0 aromatic carbocycles. The number of hydrogen-bond acceptors (Lipinski definition) is 2. The normalized spacial score (nSPS) is 18.9. The summed E-state index contributed by atoms with van der Waals surface area (Å²) in [5, 5.41) is 6.96. The first-order chi connectivity index (χ1) is 6.22. The van der Waals surface area contributed by atoms with Crippen LogP contribution in [0.2, 0.25) is 0 Å². The van der Waals surface area contributed by atoms with Crippen molar-refractivity contribution in [3.8, 4) is 0 Å². The highest BCUT2D eigenvalue weighted by atomic mass is 32.1. The van der Waals surface area contributed by atoms with E-state index in [9.17, 15) is 0 Å². The third-order valence-electron chi connectivity index (χ3n) is 2.61. The predicted octanol–water partition coefficient (Wildman–Crippen LogP) is 1.04. The molecule has 0 aromatic heterocycles. The molecule has 0 heterocycles. The van der Waals surface area contributed by atoms with Crippen LogP contribution in [0.15, 0.2) is 0 Å². The van der Waals surface area contributed by atoms with E-state index < -0.39 is 0 Å². The molecule has 0 bridgehead atoms. The molecule has 0 saturated heterocycles. The number of thiocarbonyl (C=S) groups is 1. The van der Waals surface area contributed by atoms with Gasteiger partial charge < -0.3 is 15.4 Å². The average molecular weight is 202 g/mol. The molecule has 0 radical (unpaired) electrons. The molecule has 1 aliphatic carbocycles. The van der Waals surface area contributed by atoms with Crippen LogP contribution in [-0.4, -0.2) is 30.9 Å². The van der Waals surface area contributed by atoms with Gasteiger partial charge in [-0.1, -0.05) is 0 Å². The van der Waals surface area contributed by atoms with Crippen molar-refractivity contribution >= 4 is 17.3 Å². The molecule has 0 unspecified atom stereocenters. The Morgan fingerprint density at radius 1 is 1.46 bits per heavy atom. The Labute approximate surface area is 85.2 Å². The Morgan fingerprint density at radius 3 is 2.54 bits per heavy atom. The molecule has 0 aromatic rings. The van der Waals surface area contributed by atoms with Crippen molar-refractivity contribution in [3.63, 3.8) is 0 Å². The van der Waals surface area contributed by atoms with Crippen molar-refractivity contribution in [1.29, 1.82) is 0 Å². The van der Waals surface area contributed by atoms with E-state index in [1.54, 1.807) is 7.11 Å². The van der Waals surface area contributed by atoms with E-state index >= 15 is 0 Å². The zero-order chi connectivity index (χ0) is 9.73. The van der Waals surface area contributed by atoms with Gasteiger partial charge in [0, 0.05) is 20.2 Å². The topological polar surface area (TPSA) is 33.3 Å². The van der Waals surface area contributed by atoms with Crippen molar-refractivity contribution in [2.75, 3.05) is 20.2 Å². The van der Waals surface area contributed by atoms with Crippen LogP contribution in [0.1, 0.15) is 26.2 Å². The molecular weight excluding hydrogens is 184 g/mol. The molecule has 1 saturated carbocycles. The minimum absolute atomic E-state index is 0.0550. The molecule has 1 aliphatic rings. The smallest absolute Gasteiger partial charge is 0.166 e. The van der Waals surface area contributed by atoms with Gasteiger partial charge in [0.25, 0.3) is 0 Å². The van der Waals surface area contributed by atoms with E-state index in [-0.39, 0.29) is 5.60 Å². The van der Waals surface area contributed by atoms with E-state index in [4.69, 9.17) is 17.0 Å². The lowest BCUT2D eigenvalue weighted by Crippen LogP contribution is -2.51. The first kappa shape index (κ1) is 10.7. The summed E-state index contributed by atoms with van der Waals surface area (Å²) in [6.07, 6.45) is 3.56. The standard InChI is InChI=1S/C9H18N2OS/c1-3-10-8(13)11-7-9(12-2)5-4-6-9/h3-7H2,1-2H3,(H2,10,11,13). The summed E-state index contributed by atoms with van der Waals surface area (Å²) >= 11 is 5.06. The number of hydrogen-bond donors (Lipinski definition) is 2. The Bertz CT molecular complexity index is 175. The minimum atomic E-state index is 0.0550. The number of nitrogens with one attached hydrogen (secondary N) is 2.